The molecule has 0 radical (unpaired) electrons. The zero-order chi connectivity index (χ0) is 13.7. The molecular formula is C14H20FN3O. The Labute approximate surface area is 112 Å². The zero-order valence-electron chi connectivity index (χ0n) is 10.9. The smallest absolute Gasteiger partial charge is 0.234 e. The minimum absolute atomic E-state index is 0.00185. The molecule has 1 fully saturated rings. The second-order valence-corrected chi connectivity index (χ2v) is 5.03. The number of hydrogen-bond donors (Lipinski definition) is 2. The third-order valence-corrected chi connectivity index (χ3v) is 3.47. The van der Waals surface area contributed by atoms with Crippen LogP contribution in [-0.2, 0) is 11.3 Å². The van der Waals surface area contributed by atoms with E-state index in [0.717, 1.165) is 25.1 Å². The van der Waals surface area contributed by atoms with E-state index in [4.69, 9.17) is 5.73 Å². The number of likely N-dealkylation sites (tertiary alicyclic amines) is 1. The van der Waals surface area contributed by atoms with Crippen molar-refractivity contribution in [3.8, 4) is 0 Å². The number of carbonyl (C=O) groups excluding carboxylic acids is 1. The van der Waals surface area contributed by atoms with Crippen molar-refractivity contribution in [2.45, 2.75) is 13.0 Å². The Hall–Kier alpha value is -1.46. The van der Waals surface area contributed by atoms with E-state index in [1.165, 1.54) is 12.1 Å². The number of hydrogen-bond acceptors (Lipinski definition) is 3. The summed E-state index contributed by atoms with van der Waals surface area (Å²) in [5, 5.41) is 2.84. The average Bonchev–Trinajstić information content (AvgIpc) is 2.86. The molecule has 0 saturated carbocycles. The summed E-state index contributed by atoms with van der Waals surface area (Å²) in [6.45, 7) is 3.38. The maximum absolute atomic E-state index is 12.7. The topological polar surface area (TPSA) is 58.4 Å². The lowest BCUT2D eigenvalue weighted by Gasteiger charge is -2.15. The summed E-state index contributed by atoms with van der Waals surface area (Å²) in [5.41, 5.74) is 6.51. The minimum atomic E-state index is -0.264. The van der Waals surface area contributed by atoms with Gasteiger partial charge in [-0.05, 0) is 43.1 Å². The number of carbonyl (C=O) groups is 1. The van der Waals surface area contributed by atoms with Gasteiger partial charge in [0.2, 0.25) is 5.91 Å². The fourth-order valence-corrected chi connectivity index (χ4v) is 2.31. The molecule has 1 heterocycles. The average molecular weight is 265 g/mol. The lowest BCUT2D eigenvalue weighted by atomic mass is 10.1. The molecule has 19 heavy (non-hydrogen) atoms. The van der Waals surface area contributed by atoms with E-state index in [2.05, 4.69) is 10.2 Å². The molecule has 0 aliphatic carbocycles. The Kier molecular flexibility index (Phi) is 4.87. The lowest BCUT2D eigenvalue weighted by Crippen LogP contribution is -2.36. The molecule has 1 saturated heterocycles. The molecule has 0 aromatic heterocycles. The Morgan fingerprint density at radius 1 is 1.42 bits per heavy atom. The van der Waals surface area contributed by atoms with Crippen molar-refractivity contribution >= 4 is 5.91 Å². The number of nitrogens with two attached hydrogens (primary N) is 1. The molecule has 104 valence electrons. The van der Waals surface area contributed by atoms with Gasteiger partial charge in [0.05, 0.1) is 6.54 Å². The van der Waals surface area contributed by atoms with Crippen molar-refractivity contribution < 1.29 is 9.18 Å². The Morgan fingerprint density at radius 2 is 2.16 bits per heavy atom. The Balaban J connectivity index is 1.71. The van der Waals surface area contributed by atoms with Crippen LogP contribution in [-0.4, -0.2) is 37.0 Å². The number of benzene rings is 1. The van der Waals surface area contributed by atoms with Crippen molar-refractivity contribution in [2.24, 2.45) is 11.7 Å². The maximum atomic E-state index is 12.7. The highest BCUT2D eigenvalue weighted by Crippen LogP contribution is 2.13. The summed E-state index contributed by atoms with van der Waals surface area (Å²) in [4.78, 5) is 13.9. The lowest BCUT2D eigenvalue weighted by molar-refractivity contribution is -0.122. The van der Waals surface area contributed by atoms with Gasteiger partial charge in [0.25, 0.3) is 0 Å². The second-order valence-electron chi connectivity index (χ2n) is 5.03. The van der Waals surface area contributed by atoms with Gasteiger partial charge in [-0.2, -0.15) is 0 Å². The summed E-state index contributed by atoms with van der Waals surface area (Å²) < 4.78 is 12.7. The van der Waals surface area contributed by atoms with Gasteiger partial charge < -0.3 is 11.1 Å². The van der Waals surface area contributed by atoms with Crippen molar-refractivity contribution in [3.05, 3.63) is 35.6 Å². The summed E-state index contributed by atoms with van der Waals surface area (Å²) in [7, 11) is 0. The van der Waals surface area contributed by atoms with Gasteiger partial charge in [-0.1, -0.05) is 12.1 Å². The van der Waals surface area contributed by atoms with Gasteiger partial charge in [0.1, 0.15) is 5.82 Å². The number of nitrogens with one attached hydrogen (secondary N) is 1. The molecule has 1 aliphatic rings. The minimum Gasteiger partial charge on any atom is -0.351 e. The van der Waals surface area contributed by atoms with Crippen LogP contribution in [0.3, 0.4) is 0 Å². The maximum Gasteiger partial charge on any atom is 0.234 e. The third-order valence-electron chi connectivity index (χ3n) is 3.47. The fraction of sp³-hybridized carbons (Fsp3) is 0.500. The monoisotopic (exact) mass is 265 g/mol. The Bertz CT molecular complexity index is 421. The predicted octanol–water partition coefficient (Wildman–Crippen LogP) is 0.722. The molecule has 0 bridgehead atoms. The molecule has 1 atom stereocenters. The largest absolute Gasteiger partial charge is 0.351 e. The van der Waals surface area contributed by atoms with Gasteiger partial charge >= 0.3 is 0 Å². The molecule has 1 aliphatic heterocycles. The van der Waals surface area contributed by atoms with E-state index in [-0.39, 0.29) is 11.7 Å². The molecule has 1 aromatic rings. The summed E-state index contributed by atoms with van der Waals surface area (Å²) >= 11 is 0. The van der Waals surface area contributed by atoms with E-state index in [1.54, 1.807) is 12.1 Å². The summed E-state index contributed by atoms with van der Waals surface area (Å²) in [6.07, 6.45) is 1.07. The second kappa shape index (κ2) is 6.63. The predicted molar refractivity (Wildman–Crippen MR) is 71.8 cm³/mol. The van der Waals surface area contributed by atoms with Crippen LogP contribution in [0.5, 0.6) is 0 Å². The van der Waals surface area contributed by atoms with Crippen molar-refractivity contribution in [3.63, 3.8) is 0 Å². The van der Waals surface area contributed by atoms with Crippen molar-refractivity contribution in [2.75, 3.05) is 26.2 Å². The van der Waals surface area contributed by atoms with Crippen LogP contribution in [0.25, 0.3) is 0 Å². The quantitative estimate of drug-likeness (QED) is 0.825. The van der Waals surface area contributed by atoms with Crippen LogP contribution in [0.4, 0.5) is 4.39 Å². The molecule has 2 rings (SSSR count). The van der Waals surface area contributed by atoms with E-state index in [1.807, 2.05) is 0 Å². The SMILES string of the molecule is NCC1CCN(CC(=O)NCc2ccc(F)cc2)C1. The van der Waals surface area contributed by atoms with Gasteiger partial charge in [0, 0.05) is 13.1 Å². The van der Waals surface area contributed by atoms with Gasteiger partial charge in [-0.3, -0.25) is 9.69 Å². The number of rotatable bonds is 5. The Morgan fingerprint density at radius 3 is 2.79 bits per heavy atom. The van der Waals surface area contributed by atoms with E-state index < -0.39 is 0 Å². The highest BCUT2D eigenvalue weighted by molar-refractivity contribution is 5.78. The number of amides is 1. The number of halogens is 1. The van der Waals surface area contributed by atoms with Crippen LogP contribution in [0, 0.1) is 11.7 Å². The fourth-order valence-electron chi connectivity index (χ4n) is 2.31. The molecule has 0 spiro atoms. The normalized spacial score (nSPS) is 19.6. The van der Waals surface area contributed by atoms with E-state index in [0.29, 0.717) is 25.6 Å². The van der Waals surface area contributed by atoms with Crippen molar-refractivity contribution in [1.82, 2.24) is 10.2 Å². The van der Waals surface area contributed by atoms with Gasteiger partial charge in [0.15, 0.2) is 0 Å². The van der Waals surface area contributed by atoms with Crippen LogP contribution in [0.2, 0.25) is 0 Å². The summed E-state index contributed by atoms with van der Waals surface area (Å²) in [5.74, 6) is 0.256. The van der Waals surface area contributed by atoms with Gasteiger partial charge in [-0.25, -0.2) is 4.39 Å². The van der Waals surface area contributed by atoms with Crippen LogP contribution >= 0.6 is 0 Å². The first-order valence-corrected chi connectivity index (χ1v) is 6.61. The van der Waals surface area contributed by atoms with Crippen LogP contribution in [0.15, 0.2) is 24.3 Å². The van der Waals surface area contributed by atoms with Gasteiger partial charge in [-0.15, -0.1) is 0 Å². The molecule has 1 amide bonds. The standard InChI is InChI=1S/C14H20FN3O/c15-13-3-1-11(2-4-13)8-17-14(19)10-18-6-5-12(7-16)9-18/h1-4,12H,5-10,16H2,(H,17,19). The first kappa shape index (κ1) is 14.0. The third kappa shape index (κ3) is 4.29. The first-order valence-electron chi connectivity index (χ1n) is 6.61. The van der Waals surface area contributed by atoms with E-state index >= 15 is 0 Å². The molecule has 1 aromatic carbocycles. The highest BCUT2D eigenvalue weighted by Gasteiger charge is 2.22. The molecule has 3 N–H and O–H groups in total. The first-order chi connectivity index (χ1) is 9.17. The number of nitrogens with zero attached hydrogens (tertiary/aromatic N) is 1. The molecule has 5 heteroatoms. The van der Waals surface area contributed by atoms with Crippen LogP contribution in [0.1, 0.15) is 12.0 Å². The molecular weight excluding hydrogens is 245 g/mol. The highest BCUT2D eigenvalue weighted by atomic mass is 19.1. The molecule has 4 nitrogen and oxygen atoms in total. The van der Waals surface area contributed by atoms with E-state index in [9.17, 15) is 9.18 Å². The molecule has 1 unspecified atom stereocenters. The van der Waals surface area contributed by atoms with Crippen molar-refractivity contribution in [1.29, 1.82) is 0 Å². The summed E-state index contributed by atoms with van der Waals surface area (Å²) in [6, 6.07) is 6.15. The van der Waals surface area contributed by atoms with Crippen LogP contribution < -0.4 is 11.1 Å². The zero-order valence-corrected chi connectivity index (χ0v) is 10.9.